The van der Waals surface area contributed by atoms with Crippen LogP contribution in [0.1, 0.15) is 20.8 Å². The fourth-order valence-corrected chi connectivity index (χ4v) is 2.62. The third-order valence-corrected chi connectivity index (χ3v) is 3.01. The molecule has 0 spiro atoms. The Labute approximate surface area is 82.8 Å². The normalized spacial score (nSPS) is 29.2. The van der Waals surface area contributed by atoms with E-state index >= 15 is 0 Å². The summed E-state index contributed by atoms with van der Waals surface area (Å²) in [6, 6.07) is 0. The molecule has 2 atom stereocenters. The lowest BCUT2D eigenvalue weighted by molar-refractivity contribution is -0.149. The molecule has 3 nitrogen and oxygen atoms in total. The Balaban J connectivity index is 2.54. The molecule has 1 aliphatic rings. The highest BCUT2D eigenvalue weighted by atomic mass is 32.2. The molecule has 13 heavy (non-hydrogen) atoms. The van der Waals surface area contributed by atoms with E-state index in [-0.39, 0.29) is 17.6 Å². The van der Waals surface area contributed by atoms with E-state index in [9.17, 15) is 4.79 Å². The predicted molar refractivity (Wildman–Crippen MR) is 53.1 cm³/mol. The zero-order chi connectivity index (χ0) is 10.1. The van der Waals surface area contributed by atoms with Gasteiger partial charge in [-0.15, -0.1) is 0 Å². The van der Waals surface area contributed by atoms with Gasteiger partial charge in [-0.05, 0) is 20.8 Å². The molecule has 0 aromatic carbocycles. The maximum atomic E-state index is 10.8. The van der Waals surface area contributed by atoms with E-state index in [1.54, 1.807) is 11.8 Å². The molecule has 1 N–H and O–H groups in total. The van der Waals surface area contributed by atoms with E-state index in [0.29, 0.717) is 5.75 Å². The molecule has 1 heterocycles. The van der Waals surface area contributed by atoms with Crippen LogP contribution in [0.2, 0.25) is 0 Å². The molecule has 2 unspecified atom stereocenters. The third-order valence-electron chi connectivity index (χ3n) is 1.85. The van der Waals surface area contributed by atoms with Crippen molar-refractivity contribution in [3.05, 3.63) is 0 Å². The number of hydrogen-bond donors (Lipinski definition) is 1. The molecule has 1 rings (SSSR count). The molecular weight excluding hydrogens is 188 g/mol. The van der Waals surface area contributed by atoms with Crippen LogP contribution < -0.4 is 0 Å². The van der Waals surface area contributed by atoms with Gasteiger partial charge in [-0.25, -0.2) is 0 Å². The van der Waals surface area contributed by atoms with Crippen LogP contribution in [-0.4, -0.2) is 34.3 Å². The Hall–Kier alpha value is -0.220. The van der Waals surface area contributed by atoms with Crippen molar-refractivity contribution in [2.45, 2.75) is 32.5 Å². The second kappa shape index (κ2) is 3.88. The van der Waals surface area contributed by atoms with Gasteiger partial charge in [0.1, 0.15) is 0 Å². The van der Waals surface area contributed by atoms with Crippen LogP contribution in [0.4, 0.5) is 0 Å². The van der Waals surface area contributed by atoms with Crippen molar-refractivity contribution in [2.24, 2.45) is 5.92 Å². The SMILES string of the molecule is CC(C)(C)OC1CSCC1C(=O)O. The topological polar surface area (TPSA) is 46.5 Å². The summed E-state index contributed by atoms with van der Waals surface area (Å²) >= 11 is 1.65. The number of carbonyl (C=O) groups is 1. The van der Waals surface area contributed by atoms with E-state index in [2.05, 4.69) is 0 Å². The first kappa shape index (κ1) is 10.9. The number of carboxylic acid groups (broad SMARTS) is 1. The second-order valence-corrected chi connectivity index (χ2v) is 5.33. The summed E-state index contributed by atoms with van der Waals surface area (Å²) in [5.74, 6) is 0.410. The van der Waals surface area contributed by atoms with Crippen molar-refractivity contribution in [3.63, 3.8) is 0 Å². The number of thioether (sulfide) groups is 1. The van der Waals surface area contributed by atoms with Gasteiger partial charge in [0.2, 0.25) is 0 Å². The Bertz CT molecular complexity index is 198. The molecule has 0 aliphatic carbocycles. The summed E-state index contributed by atoms with van der Waals surface area (Å²) in [4.78, 5) is 10.8. The second-order valence-electron chi connectivity index (χ2n) is 4.25. The van der Waals surface area contributed by atoms with Crippen molar-refractivity contribution < 1.29 is 14.6 Å². The van der Waals surface area contributed by atoms with Crippen LogP contribution in [-0.2, 0) is 9.53 Å². The number of hydrogen-bond acceptors (Lipinski definition) is 3. The van der Waals surface area contributed by atoms with Gasteiger partial charge in [0.05, 0.1) is 17.6 Å². The van der Waals surface area contributed by atoms with Gasteiger partial charge in [0.15, 0.2) is 0 Å². The average Bonchev–Trinajstić information content (AvgIpc) is 2.31. The Morgan fingerprint density at radius 1 is 1.46 bits per heavy atom. The minimum Gasteiger partial charge on any atom is -0.481 e. The lowest BCUT2D eigenvalue weighted by atomic mass is 10.1. The number of rotatable bonds is 2. The maximum Gasteiger partial charge on any atom is 0.310 e. The molecule has 0 bridgehead atoms. The van der Waals surface area contributed by atoms with Crippen LogP contribution in [0.25, 0.3) is 0 Å². The van der Waals surface area contributed by atoms with Gasteiger partial charge in [-0.2, -0.15) is 11.8 Å². The first-order valence-electron chi connectivity index (χ1n) is 4.38. The summed E-state index contributed by atoms with van der Waals surface area (Å²) in [6.07, 6.45) is -0.123. The van der Waals surface area contributed by atoms with E-state index < -0.39 is 5.97 Å². The molecular formula is C9H16O3S. The van der Waals surface area contributed by atoms with Crippen LogP contribution in [0.5, 0.6) is 0 Å². The predicted octanol–water partition coefficient (Wildman–Crippen LogP) is 1.62. The molecule has 0 aromatic rings. The van der Waals surface area contributed by atoms with Crippen molar-refractivity contribution >= 4 is 17.7 Å². The molecule has 4 heteroatoms. The van der Waals surface area contributed by atoms with Gasteiger partial charge < -0.3 is 9.84 Å². The van der Waals surface area contributed by atoms with E-state index in [4.69, 9.17) is 9.84 Å². The van der Waals surface area contributed by atoms with Crippen molar-refractivity contribution in [1.82, 2.24) is 0 Å². The third kappa shape index (κ3) is 3.19. The molecule has 1 saturated heterocycles. The Kier molecular flexibility index (Phi) is 3.24. The zero-order valence-corrected chi connectivity index (χ0v) is 9.06. The van der Waals surface area contributed by atoms with E-state index in [0.717, 1.165) is 5.75 Å². The molecule has 1 fully saturated rings. The molecule has 0 saturated carbocycles. The van der Waals surface area contributed by atoms with Gasteiger partial charge in [0.25, 0.3) is 0 Å². The van der Waals surface area contributed by atoms with Crippen molar-refractivity contribution in [2.75, 3.05) is 11.5 Å². The lowest BCUT2D eigenvalue weighted by Gasteiger charge is -2.26. The summed E-state index contributed by atoms with van der Waals surface area (Å²) in [7, 11) is 0. The molecule has 0 radical (unpaired) electrons. The minimum absolute atomic E-state index is 0.123. The highest BCUT2D eigenvalue weighted by molar-refractivity contribution is 7.99. The van der Waals surface area contributed by atoms with Gasteiger partial charge in [-0.1, -0.05) is 0 Å². The standard InChI is InChI=1S/C9H16O3S/c1-9(2,3)12-7-5-13-4-6(7)8(10)11/h6-7H,4-5H2,1-3H3,(H,10,11). The van der Waals surface area contributed by atoms with Gasteiger partial charge >= 0.3 is 5.97 Å². The first-order valence-corrected chi connectivity index (χ1v) is 5.54. The fourth-order valence-electron chi connectivity index (χ4n) is 1.34. The van der Waals surface area contributed by atoms with Crippen molar-refractivity contribution in [1.29, 1.82) is 0 Å². The largest absolute Gasteiger partial charge is 0.481 e. The van der Waals surface area contributed by atoms with Crippen LogP contribution in [0.3, 0.4) is 0 Å². The lowest BCUT2D eigenvalue weighted by Crippen LogP contribution is -2.35. The molecule has 0 aromatic heterocycles. The Morgan fingerprint density at radius 2 is 2.08 bits per heavy atom. The minimum atomic E-state index is -0.737. The van der Waals surface area contributed by atoms with Gasteiger partial charge in [0, 0.05) is 11.5 Å². The number of ether oxygens (including phenoxy) is 1. The zero-order valence-electron chi connectivity index (χ0n) is 8.24. The highest BCUT2D eigenvalue weighted by Gasteiger charge is 2.36. The van der Waals surface area contributed by atoms with E-state index in [1.165, 1.54) is 0 Å². The maximum absolute atomic E-state index is 10.8. The number of aliphatic carboxylic acids is 1. The van der Waals surface area contributed by atoms with Gasteiger partial charge in [-0.3, -0.25) is 4.79 Å². The molecule has 76 valence electrons. The Morgan fingerprint density at radius 3 is 2.54 bits per heavy atom. The summed E-state index contributed by atoms with van der Waals surface area (Å²) in [5, 5.41) is 8.89. The first-order chi connectivity index (χ1) is 5.90. The summed E-state index contributed by atoms with van der Waals surface area (Å²) < 4.78 is 5.67. The number of carboxylic acids is 1. The smallest absolute Gasteiger partial charge is 0.310 e. The van der Waals surface area contributed by atoms with Crippen molar-refractivity contribution in [3.8, 4) is 0 Å². The van der Waals surface area contributed by atoms with E-state index in [1.807, 2.05) is 20.8 Å². The quantitative estimate of drug-likeness (QED) is 0.742. The highest BCUT2D eigenvalue weighted by Crippen LogP contribution is 2.29. The summed E-state index contributed by atoms with van der Waals surface area (Å²) in [5.41, 5.74) is -0.247. The van der Waals surface area contributed by atoms with Crippen LogP contribution in [0.15, 0.2) is 0 Å². The monoisotopic (exact) mass is 204 g/mol. The molecule has 0 amide bonds. The summed E-state index contributed by atoms with van der Waals surface area (Å²) in [6.45, 7) is 5.86. The fraction of sp³-hybridized carbons (Fsp3) is 0.889. The average molecular weight is 204 g/mol. The van der Waals surface area contributed by atoms with Crippen LogP contribution in [0, 0.1) is 5.92 Å². The van der Waals surface area contributed by atoms with Crippen LogP contribution >= 0.6 is 11.8 Å². The molecule has 1 aliphatic heterocycles.